The van der Waals surface area contributed by atoms with Crippen LogP contribution >= 0.6 is 11.8 Å². The van der Waals surface area contributed by atoms with Crippen LogP contribution in [0.3, 0.4) is 0 Å². The Hall–Kier alpha value is -0.540. The predicted molar refractivity (Wildman–Crippen MR) is 68.3 cm³/mol. The average Bonchev–Trinajstić information content (AvgIpc) is 2.31. The van der Waals surface area contributed by atoms with Crippen LogP contribution in [0.25, 0.3) is 0 Å². The highest BCUT2D eigenvalue weighted by atomic mass is 32.2. The van der Waals surface area contributed by atoms with Crippen molar-refractivity contribution < 1.29 is 4.39 Å². The molecule has 1 atom stereocenters. The average molecular weight is 239 g/mol. The molecule has 0 amide bonds. The fourth-order valence-electron chi connectivity index (χ4n) is 2.16. The van der Waals surface area contributed by atoms with Gasteiger partial charge in [-0.1, -0.05) is 13.0 Å². The zero-order chi connectivity index (χ0) is 11.5. The molecule has 0 aliphatic carbocycles. The Labute approximate surface area is 101 Å². The Morgan fingerprint density at radius 1 is 1.50 bits per heavy atom. The summed E-state index contributed by atoms with van der Waals surface area (Å²) < 4.78 is 13.9. The smallest absolute Gasteiger partial charge is 0.128 e. The van der Waals surface area contributed by atoms with Crippen LogP contribution in [0.5, 0.6) is 0 Å². The second kappa shape index (κ2) is 5.19. The zero-order valence-corrected chi connectivity index (χ0v) is 10.7. The number of nitrogens with one attached hydrogen (secondary N) is 1. The van der Waals surface area contributed by atoms with Crippen molar-refractivity contribution in [2.75, 3.05) is 12.3 Å². The summed E-state index contributed by atoms with van der Waals surface area (Å²) in [5.41, 5.74) is 3.32. The highest BCUT2D eigenvalue weighted by Crippen LogP contribution is 2.35. The van der Waals surface area contributed by atoms with Crippen LogP contribution in [-0.2, 0) is 5.75 Å². The number of hydrogen-bond acceptors (Lipinski definition) is 2. The molecule has 0 saturated heterocycles. The summed E-state index contributed by atoms with van der Waals surface area (Å²) in [6, 6.07) is 3.68. The van der Waals surface area contributed by atoms with E-state index in [1.54, 1.807) is 6.07 Å². The third-order valence-electron chi connectivity index (χ3n) is 3.06. The van der Waals surface area contributed by atoms with Gasteiger partial charge < -0.3 is 5.32 Å². The van der Waals surface area contributed by atoms with Crippen LogP contribution in [0, 0.1) is 12.7 Å². The Kier molecular flexibility index (Phi) is 3.87. The molecule has 0 saturated carbocycles. The van der Waals surface area contributed by atoms with E-state index in [1.807, 2.05) is 17.8 Å². The van der Waals surface area contributed by atoms with Gasteiger partial charge in [-0.2, -0.15) is 11.8 Å². The van der Waals surface area contributed by atoms with Crippen molar-refractivity contribution in [3.63, 3.8) is 0 Å². The standard InChI is InChI=1S/C13H18FNS/c1-3-6-15-12-8-16-7-10-9(2)4-5-11(14)13(10)12/h4-5,12,15H,3,6-8H2,1-2H3. The molecule has 1 aromatic rings. The van der Waals surface area contributed by atoms with E-state index in [9.17, 15) is 4.39 Å². The second-order valence-corrected chi connectivity index (χ2v) is 5.31. The molecule has 0 radical (unpaired) electrons. The molecular weight excluding hydrogens is 221 g/mol. The highest BCUT2D eigenvalue weighted by Gasteiger charge is 2.24. The Balaban J connectivity index is 2.33. The van der Waals surface area contributed by atoms with Gasteiger partial charge in [0.1, 0.15) is 5.82 Å². The first kappa shape index (κ1) is 11.9. The number of thioether (sulfide) groups is 1. The molecule has 0 aromatic heterocycles. The summed E-state index contributed by atoms with van der Waals surface area (Å²) in [6.07, 6.45) is 1.09. The van der Waals surface area contributed by atoms with Crippen molar-refractivity contribution in [3.8, 4) is 0 Å². The maximum absolute atomic E-state index is 13.9. The molecule has 3 heteroatoms. The summed E-state index contributed by atoms with van der Waals surface area (Å²) in [4.78, 5) is 0. The first-order chi connectivity index (χ1) is 7.74. The fraction of sp³-hybridized carbons (Fsp3) is 0.538. The summed E-state index contributed by atoms with van der Waals surface area (Å²) in [5.74, 6) is 1.88. The van der Waals surface area contributed by atoms with Gasteiger partial charge in [0.05, 0.1) is 0 Å². The van der Waals surface area contributed by atoms with Crippen LogP contribution in [-0.4, -0.2) is 12.3 Å². The maximum Gasteiger partial charge on any atom is 0.128 e. The fourth-order valence-corrected chi connectivity index (χ4v) is 3.38. The van der Waals surface area contributed by atoms with Crippen LogP contribution in [0.2, 0.25) is 0 Å². The van der Waals surface area contributed by atoms with Gasteiger partial charge in [0.25, 0.3) is 0 Å². The first-order valence-corrected chi connectivity index (χ1v) is 6.98. The molecule has 0 bridgehead atoms. The number of halogens is 1. The maximum atomic E-state index is 13.9. The summed E-state index contributed by atoms with van der Waals surface area (Å²) in [7, 11) is 0. The molecule has 1 unspecified atom stereocenters. The lowest BCUT2D eigenvalue weighted by Gasteiger charge is -2.27. The number of fused-ring (bicyclic) bond motifs is 1. The quantitative estimate of drug-likeness (QED) is 0.867. The lowest BCUT2D eigenvalue weighted by Crippen LogP contribution is -2.28. The van der Waals surface area contributed by atoms with Crippen molar-refractivity contribution in [3.05, 3.63) is 34.6 Å². The summed E-state index contributed by atoms with van der Waals surface area (Å²) in [6.45, 7) is 5.16. The van der Waals surface area contributed by atoms with E-state index >= 15 is 0 Å². The second-order valence-electron chi connectivity index (χ2n) is 4.28. The molecular formula is C13H18FNS. The van der Waals surface area contributed by atoms with E-state index < -0.39 is 0 Å². The zero-order valence-electron chi connectivity index (χ0n) is 9.85. The minimum absolute atomic E-state index is 0.0468. The molecule has 1 aromatic carbocycles. The molecule has 0 fully saturated rings. The monoisotopic (exact) mass is 239 g/mol. The van der Waals surface area contributed by atoms with E-state index in [1.165, 1.54) is 11.1 Å². The summed E-state index contributed by atoms with van der Waals surface area (Å²) in [5, 5.41) is 3.43. The Morgan fingerprint density at radius 3 is 3.06 bits per heavy atom. The molecule has 16 heavy (non-hydrogen) atoms. The van der Waals surface area contributed by atoms with Gasteiger partial charge in [-0.05, 0) is 37.1 Å². The van der Waals surface area contributed by atoms with E-state index in [0.717, 1.165) is 30.0 Å². The van der Waals surface area contributed by atoms with E-state index in [2.05, 4.69) is 19.2 Å². The van der Waals surface area contributed by atoms with Gasteiger partial charge in [-0.25, -0.2) is 4.39 Å². The molecule has 0 spiro atoms. The van der Waals surface area contributed by atoms with E-state index in [-0.39, 0.29) is 11.9 Å². The molecule has 1 N–H and O–H groups in total. The summed E-state index contributed by atoms with van der Waals surface area (Å²) >= 11 is 1.89. The molecule has 88 valence electrons. The normalized spacial score (nSPS) is 19.6. The van der Waals surface area contributed by atoms with Crippen LogP contribution in [0.1, 0.15) is 36.1 Å². The van der Waals surface area contributed by atoms with Gasteiger partial charge in [-0.3, -0.25) is 0 Å². The van der Waals surface area contributed by atoms with Gasteiger partial charge in [0.2, 0.25) is 0 Å². The Bertz CT molecular complexity index is 378. The lowest BCUT2D eigenvalue weighted by molar-refractivity contribution is 0.525. The van der Waals surface area contributed by atoms with Gasteiger partial charge >= 0.3 is 0 Å². The van der Waals surface area contributed by atoms with Crippen molar-refractivity contribution in [1.29, 1.82) is 0 Å². The van der Waals surface area contributed by atoms with Crippen LogP contribution < -0.4 is 5.32 Å². The minimum Gasteiger partial charge on any atom is -0.309 e. The highest BCUT2D eigenvalue weighted by molar-refractivity contribution is 7.98. The van der Waals surface area contributed by atoms with Crippen molar-refractivity contribution in [1.82, 2.24) is 5.32 Å². The minimum atomic E-state index is -0.0468. The first-order valence-electron chi connectivity index (χ1n) is 5.83. The van der Waals surface area contributed by atoms with Gasteiger partial charge in [-0.15, -0.1) is 0 Å². The van der Waals surface area contributed by atoms with Crippen LogP contribution in [0.15, 0.2) is 12.1 Å². The molecule has 1 aliphatic rings. The van der Waals surface area contributed by atoms with Crippen LogP contribution in [0.4, 0.5) is 4.39 Å². The Morgan fingerprint density at radius 2 is 2.31 bits per heavy atom. The van der Waals surface area contributed by atoms with Crippen molar-refractivity contribution in [2.45, 2.75) is 32.1 Å². The predicted octanol–water partition coefficient (Wildman–Crippen LogP) is 3.42. The largest absolute Gasteiger partial charge is 0.309 e. The number of hydrogen-bond donors (Lipinski definition) is 1. The molecule has 1 aliphatic heterocycles. The lowest BCUT2D eigenvalue weighted by atomic mass is 9.97. The molecule has 1 heterocycles. The van der Waals surface area contributed by atoms with Crippen molar-refractivity contribution in [2.24, 2.45) is 0 Å². The van der Waals surface area contributed by atoms with Crippen molar-refractivity contribution >= 4 is 11.8 Å². The van der Waals surface area contributed by atoms with Gasteiger partial charge in [0, 0.05) is 23.1 Å². The number of rotatable bonds is 3. The third kappa shape index (κ3) is 2.25. The van der Waals surface area contributed by atoms with E-state index in [4.69, 9.17) is 0 Å². The number of aryl methyl sites for hydroxylation is 1. The SMILES string of the molecule is CCCNC1CSCc2c(C)ccc(F)c21. The van der Waals surface area contributed by atoms with Gasteiger partial charge in [0.15, 0.2) is 0 Å². The number of benzene rings is 1. The van der Waals surface area contributed by atoms with E-state index in [0.29, 0.717) is 0 Å². The molecule has 2 rings (SSSR count). The molecule has 1 nitrogen and oxygen atoms in total. The third-order valence-corrected chi connectivity index (χ3v) is 4.12. The topological polar surface area (TPSA) is 12.0 Å².